The van der Waals surface area contributed by atoms with Crippen molar-refractivity contribution in [2.75, 3.05) is 6.54 Å². The zero-order chi connectivity index (χ0) is 13.4. The third-order valence-electron chi connectivity index (χ3n) is 2.51. The number of thiol groups is 1. The summed E-state index contributed by atoms with van der Waals surface area (Å²) in [5, 5.41) is 2.69. The molecule has 0 radical (unpaired) electrons. The number of hydrogen-bond donors (Lipinski definition) is 3. The molecule has 0 saturated carbocycles. The molecule has 0 unspecified atom stereocenters. The van der Waals surface area contributed by atoms with E-state index in [1.54, 1.807) is 12.4 Å². The van der Waals surface area contributed by atoms with Gasteiger partial charge in [0.15, 0.2) is 0 Å². The number of aromatic nitrogens is 1. The van der Waals surface area contributed by atoms with Crippen LogP contribution in [0.25, 0.3) is 0 Å². The van der Waals surface area contributed by atoms with Crippen molar-refractivity contribution in [2.24, 2.45) is 0 Å². The average Bonchev–Trinajstić information content (AvgIpc) is 2.38. The van der Waals surface area contributed by atoms with E-state index in [0.717, 1.165) is 5.56 Å². The number of nitrogens with one attached hydrogen (secondary N) is 2. The quantitative estimate of drug-likeness (QED) is 0.630. The number of hydrogen-bond acceptors (Lipinski definition) is 5. The molecular weight excluding hydrogens is 250 g/mol. The van der Waals surface area contributed by atoms with E-state index in [0.29, 0.717) is 12.8 Å². The van der Waals surface area contributed by atoms with Crippen LogP contribution in [0.2, 0.25) is 0 Å². The first-order chi connectivity index (χ1) is 8.63. The monoisotopic (exact) mass is 267 g/mol. The topological polar surface area (TPSA) is 71.1 Å². The van der Waals surface area contributed by atoms with Gasteiger partial charge in [-0.1, -0.05) is 18.9 Å². The first-order valence-corrected chi connectivity index (χ1v) is 6.14. The summed E-state index contributed by atoms with van der Waals surface area (Å²) in [5.74, 6) is -0.147. The molecule has 1 rings (SSSR count). The molecule has 1 amide bonds. The third kappa shape index (κ3) is 5.29. The molecule has 0 aliphatic heterocycles. The summed E-state index contributed by atoms with van der Waals surface area (Å²) < 4.78 is 2.55. The van der Waals surface area contributed by atoms with Crippen LogP contribution >= 0.6 is 12.8 Å². The molecule has 1 aromatic heterocycles. The minimum atomic E-state index is -0.448. The van der Waals surface area contributed by atoms with E-state index in [9.17, 15) is 9.59 Å². The molecule has 0 aliphatic carbocycles. The lowest BCUT2D eigenvalue weighted by Gasteiger charge is -2.12. The highest BCUT2D eigenvalue weighted by atomic mass is 32.1. The highest BCUT2D eigenvalue weighted by Gasteiger charge is 2.12. The summed E-state index contributed by atoms with van der Waals surface area (Å²) in [7, 11) is 0. The maximum atomic E-state index is 11.6. The number of ketones is 1. The van der Waals surface area contributed by atoms with Gasteiger partial charge in [0.1, 0.15) is 5.78 Å². The van der Waals surface area contributed by atoms with E-state index in [2.05, 4.69) is 27.8 Å². The lowest BCUT2D eigenvalue weighted by molar-refractivity contribution is -0.121. The molecule has 0 saturated heterocycles. The normalized spacial score (nSPS) is 11.9. The molecule has 98 valence electrons. The van der Waals surface area contributed by atoms with Gasteiger partial charge in [-0.05, 0) is 25.0 Å². The van der Waals surface area contributed by atoms with Crippen molar-refractivity contribution in [3.63, 3.8) is 0 Å². The lowest BCUT2D eigenvalue weighted by Crippen LogP contribution is -2.41. The summed E-state index contributed by atoms with van der Waals surface area (Å²) in [6.07, 6.45) is 4.45. The second-order valence-electron chi connectivity index (χ2n) is 3.96. The van der Waals surface area contributed by atoms with Crippen LogP contribution < -0.4 is 10.0 Å². The van der Waals surface area contributed by atoms with Crippen LogP contribution in [0.15, 0.2) is 24.5 Å². The Morgan fingerprint density at radius 2 is 2.28 bits per heavy atom. The highest BCUT2D eigenvalue weighted by Crippen LogP contribution is 2.00. The predicted molar refractivity (Wildman–Crippen MR) is 72.2 cm³/mol. The Hall–Kier alpha value is -1.40. The molecule has 6 heteroatoms. The zero-order valence-electron chi connectivity index (χ0n) is 10.2. The summed E-state index contributed by atoms with van der Waals surface area (Å²) in [5.41, 5.74) is 1.02. The van der Waals surface area contributed by atoms with Gasteiger partial charge in [-0.25, -0.2) is 0 Å². The van der Waals surface area contributed by atoms with Gasteiger partial charge in [-0.2, -0.15) is 0 Å². The molecule has 0 fully saturated rings. The van der Waals surface area contributed by atoms with Crippen LogP contribution in [0.3, 0.4) is 0 Å². The van der Waals surface area contributed by atoms with Crippen molar-refractivity contribution in [1.82, 2.24) is 15.0 Å². The van der Waals surface area contributed by atoms with Gasteiger partial charge in [0.2, 0.25) is 5.91 Å². The Balaban J connectivity index is 2.28. The van der Waals surface area contributed by atoms with Crippen LogP contribution in [0.5, 0.6) is 0 Å². The molecule has 18 heavy (non-hydrogen) atoms. The van der Waals surface area contributed by atoms with Crippen LogP contribution in [0, 0.1) is 0 Å². The summed E-state index contributed by atoms with van der Waals surface area (Å²) in [4.78, 5) is 26.6. The van der Waals surface area contributed by atoms with E-state index in [-0.39, 0.29) is 18.2 Å². The van der Waals surface area contributed by atoms with Crippen molar-refractivity contribution >= 4 is 24.5 Å². The van der Waals surface area contributed by atoms with Gasteiger partial charge in [0, 0.05) is 25.4 Å². The smallest absolute Gasteiger partial charge is 0.220 e. The Morgan fingerprint density at radius 3 is 2.83 bits per heavy atom. The summed E-state index contributed by atoms with van der Waals surface area (Å²) >= 11 is 3.84. The number of pyridine rings is 1. The number of Topliss-reactive ketones (excluding diaryl/α,β-unsaturated/α-hetero) is 1. The molecule has 1 aromatic rings. The van der Waals surface area contributed by atoms with Gasteiger partial charge < -0.3 is 5.32 Å². The van der Waals surface area contributed by atoms with E-state index in [1.807, 2.05) is 12.1 Å². The number of carbonyl (C=O) groups is 2. The minimum absolute atomic E-state index is 0.0578. The minimum Gasteiger partial charge on any atom is -0.354 e. The second kappa shape index (κ2) is 7.84. The molecule has 0 bridgehead atoms. The molecule has 1 heterocycles. The maximum absolute atomic E-state index is 11.6. The SMILES string of the molecule is CC(=O)[C@H](CNC(=O)CCc1cccnc1)NS. The third-order valence-corrected chi connectivity index (χ3v) is 2.83. The van der Waals surface area contributed by atoms with Crippen molar-refractivity contribution in [3.8, 4) is 0 Å². The van der Waals surface area contributed by atoms with E-state index < -0.39 is 6.04 Å². The number of aryl methyl sites for hydroxylation is 1. The Morgan fingerprint density at radius 1 is 1.50 bits per heavy atom. The lowest BCUT2D eigenvalue weighted by atomic mass is 10.1. The van der Waals surface area contributed by atoms with Gasteiger partial charge >= 0.3 is 0 Å². The van der Waals surface area contributed by atoms with Crippen LogP contribution in [0.1, 0.15) is 18.9 Å². The molecule has 2 N–H and O–H groups in total. The van der Waals surface area contributed by atoms with Crippen LogP contribution in [-0.2, 0) is 16.0 Å². The van der Waals surface area contributed by atoms with Gasteiger partial charge in [0.25, 0.3) is 0 Å². The standard InChI is InChI=1S/C12H17N3O2S/c1-9(16)11(15-18)8-14-12(17)5-4-10-3-2-6-13-7-10/h2-3,6-7,11,15,18H,4-5,8H2,1H3,(H,14,17)/t11-/m0/s1. The number of carbonyl (C=O) groups excluding carboxylic acids is 2. The van der Waals surface area contributed by atoms with E-state index in [1.165, 1.54) is 6.92 Å². The fourth-order valence-corrected chi connectivity index (χ4v) is 1.66. The second-order valence-corrected chi connectivity index (χ2v) is 4.22. The predicted octanol–water partition coefficient (Wildman–Crippen LogP) is 0.522. The van der Waals surface area contributed by atoms with E-state index in [4.69, 9.17) is 0 Å². The fraction of sp³-hybridized carbons (Fsp3) is 0.417. The van der Waals surface area contributed by atoms with Crippen molar-refractivity contribution in [2.45, 2.75) is 25.8 Å². The van der Waals surface area contributed by atoms with Crippen molar-refractivity contribution < 1.29 is 9.59 Å². The molecular formula is C12H17N3O2S. The summed E-state index contributed by atoms with van der Waals surface area (Å²) in [6, 6.07) is 3.31. The highest BCUT2D eigenvalue weighted by molar-refractivity contribution is 7.78. The van der Waals surface area contributed by atoms with Crippen molar-refractivity contribution in [3.05, 3.63) is 30.1 Å². The molecule has 0 aliphatic rings. The van der Waals surface area contributed by atoms with Gasteiger partial charge in [0.05, 0.1) is 6.04 Å². The van der Waals surface area contributed by atoms with Gasteiger partial charge in [-0.3, -0.25) is 19.3 Å². The zero-order valence-corrected chi connectivity index (χ0v) is 11.1. The Labute approximate surface area is 112 Å². The van der Waals surface area contributed by atoms with Gasteiger partial charge in [-0.15, -0.1) is 0 Å². The largest absolute Gasteiger partial charge is 0.354 e. The van der Waals surface area contributed by atoms with Crippen LogP contribution in [-0.4, -0.2) is 29.3 Å². The average molecular weight is 267 g/mol. The number of amides is 1. The number of rotatable bonds is 7. The maximum Gasteiger partial charge on any atom is 0.220 e. The Bertz CT molecular complexity index is 398. The summed E-state index contributed by atoms with van der Waals surface area (Å²) in [6.45, 7) is 1.71. The first kappa shape index (κ1) is 14.7. The van der Waals surface area contributed by atoms with Crippen molar-refractivity contribution in [1.29, 1.82) is 0 Å². The Kier molecular flexibility index (Phi) is 6.38. The fourth-order valence-electron chi connectivity index (χ4n) is 1.39. The molecule has 0 spiro atoms. The molecule has 1 atom stereocenters. The molecule has 5 nitrogen and oxygen atoms in total. The first-order valence-electron chi connectivity index (χ1n) is 5.69. The molecule has 0 aromatic carbocycles. The van der Waals surface area contributed by atoms with Crippen LogP contribution in [0.4, 0.5) is 0 Å². The van der Waals surface area contributed by atoms with E-state index >= 15 is 0 Å². The number of nitrogens with zero attached hydrogens (tertiary/aromatic N) is 1.